The van der Waals surface area contributed by atoms with Crippen molar-refractivity contribution in [3.63, 3.8) is 0 Å². The van der Waals surface area contributed by atoms with Gasteiger partial charge in [-0.2, -0.15) is 0 Å². The lowest BCUT2D eigenvalue weighted by Crippen LogP contribution is -2.28. The van der Waals surface area contributed by atoms with Crippen molar-refractivity contribution >= 4 is 5.69 Å². The Morgan fingerprint density at radius 2 is 1.95 bits per heavy atom. The molecule has 2 fully saturated rings. The lowest BCUT2D eigenvalue weighted by atomic mass is 9.92. The van der Waals surface area contributed by atoms with Crippen LogP contribution in [0.3, 0.4) is 0 Å². The van der Waals surface area contributed by atoms with Crippen LogP contribution in [-0.4, -0.2) is 19.1 Å². The number of para-hydroxylation sites is 1. The lowest BCUT2D eigenvalue weighted by molar-refractivity contribution is 0.364. The smallest absolute Gasteiger partial charge is 0.0411 e. The SMILES string of the molecule is CC1(C)CCC(NCc2ccccc2N2CCCC2)C1. The van der Waals surface area contributed by atoms with Crippen LogP contribution in [0.15, 0.2) is 24.3 Å². The van der Waals surface area contributed by atoms with Crippen molar-refractivity contribution in [1.29, 1.82) is 0 Å². The minimum atomic E-state index is 0.534. The van der Waals surface area contributed by atoms with E-state index in [-0.39, 0.29) is 0 Å². The molecule has 1 saturated heterocycles. The van der Waals surface area contributed by atoms with Crippen molar-refractivity contribution in [3.05, 3.63) is 29.8 Å². The Labute approximate surface area is 123 Å². The molecule has 1 aromatic rings. The third-order valence-electron chi connectivity index (χ3n) is 4.99. The minimum absolute atomic E-state index is 0.534. The predicted octanol–water partition coefficient (Wildman–Crippen LogP) is 3.96. The third kappa shape index (κ3) is 3.17. The first-order valence-electron chi connectivity index (χ1n) is 8.20. The van der Waals surface area contributed by atoms with Crippen LogP contribution < -0.4 is 10.2 Å². The highest BCUT2D eigenvalue weighted by Gasteiger charge is 2.30. The van der Waals surface area contributed by atoms with E-state index in [0.29, 0.717) is 11.5 Å². The van der Waals surface area contributed by atoms with Crippen LogP contribution in [0.25, 0.3) is 0 Å². The molecule has 1 atom stereocenters. The van der Waals surface area contributed by atoms with Crippen LogP contribution in [-0.2, 0) is 6.54 Å². The number of nitrogens with one attached hydrogen (secondary N) is 1. The molecule has 1 aliphatic heterocycles. The Morgan fingerprint density at radius 3 is 2.65 bits per heavy atom. The molecule has 1 aliphatic carbocycles. The summed E-state index contributed by atoms with van der Waals surface area (Å²) in [4.78, 5) is 2.55. The van der Waals surface area contributed by atoms with E-state index >= 15 is 0 Å². The molecule has 1 aromatic carbocycles. The van der Waals surface area contributed by atoms with Crippen LogP contribution >= 0.6 is 0 Å². The Kier molecular flexibility index (Phi) is 4.02. The van der Waals surface area contributed by atoms with Crippen LogP contribution in [0.4, 0.5) is 5.69 Å². The first-order valence-corrected chi connectivity index (χ1v) is 8.20. The lowest BCUT2D eigenvalue weighted by Gasteiger charge is -2.23. The predicted molar refractivity (Wildman–Crippen MR) is 86.1 cm³/mol. The number of anilines is 1. The van der Waals surface area contributed by atoms with Gasteiger partial charge in [-0.3, -0.25) is 0 Å². The number of benzene rings is 1. The summed E-state index contributed by atoms with van der Waals surface area (Å²) in [6, 6.07) is 9.64. The van der Waals surface area contributed by atoms with Gasteiger partial charge < -0.3 is 10.2 Å². The number of hydrogen-bond donors (Lipinski definition) is 1. The molecule has 0 aromatic heterocycles. The van der Waals surface area contributed by atoms with Crippen molar-refractivity contribution in [3.8, 4) is 0 Å². The van der Waals surface area contributed by atoms with E-state index < -0.39 is 0 Å². The quantitative estimate of drug-likeness (QED) is 0.892. The Hall–Kier alpha value is -1.02. The van der Waals surface area contributed by atoms with Gasteiger partial charge in [-0.1, -0.05) is 32.0 Å². The molecule has 2 nitrogen and oxygen atoms in total. The van der Waals surface area contributed by atoms with Crippen molar-refractivity contribution in [1.82, 2.24) is 5.32 Å². The van der Waals surface area contributed by atoms with Crippen molar-refractivity contribution < 1.29 is 0 Å². The average Bonchev–Trinajstić information content (AvgIpc) is 3.06. The van der Waals surface area contributed by atoms with Gasteiger partial charge in [0, 0.05) is 31.4 Å². The van der Waals surface area contributed by atoms with Gasteiger partial charge in [0.2, 0.25) is 0 Å². The van der Waals surface area contributed by atoms with E-state index in [4.69, 9.17) is 0 Å². The van der Waals surface area contributed by atoms with Crippen LogP contribution in [0.2, 0.25) is 0 Å². The Balaban J connectivity index is 1.63. The molecule has 1 heterocycles. The first-order chi connectivity index (χ1) is 9.64. The minimum Gasteiger partial charge on any atom is -0.371 e. The van der Waals surface area contributed by atoms with Gasteiger partial charge in [0.25, 0.3) is 0 Å². The van der Waals surface area contributed by atoms with Gasteiger partial charge in [0.05, 0.1) is 0 Å². The zero-order valence-electron chi connectivity index (χ0n) is 13.0. The number of hydrogen-bond acceptors (Lipinski definition) is 2. The molecule has 1 unspecified atom stereocenters. The zero-order chi connectivity index (χ0) is 14.0. The Bertz CT molecular complexity index is 446. The standard InChI is InChI=1S/C18H28N2/c1-18(2)10-9-16(13-18)19-14-15-7-3-4-8-17(15)20-11-5-6-12-20/h3-4,7-8,16,19H,5-6,9-14H2,1-2H3. The zero-order valence-corrected chi connectivity index (χ0v) is 13.0. The molecule has 1 saturated carbocycles. The molecular formula is C18H28N2. The van der Waals surface area contributed by atoms with E-state index in [1.807, 2.05) is 0 Å². The molecule has 1 N–H and O–H groups in total. The summed E-state index contributed by atoms with van der Waals surface area (Å²) in [5.74, 6) is 0. The fourth-order valence-electron chi connectivity index (χ4n) is 3.79. The topological polar surface area (TPSA) is 15.3 Å². The molecule has 3 rings (SSSR count). The molecule has 2 heteroatoms. The first kappa shape index (κ1) is 13.9. The van der Waals surface area contributed by atoms with Gasteiger partial charge in [-0.05, 0) is 49.1 Å². The maximum absolute atomic E-state index is 3.79. The maximum Gasteiger partial charge on any atom is 0.0411 e. The monoisotopic (exact) mass is 272 g/mol. The van der Waals surface area contributed by atoms with Crippen molar-refractivity contribution in [2.24, 2.45) is 5.41 Å². The van der Waals surface area contributed by atoms with Gasteiger partial charge in [-0.25, -0.2) is 0 Å². The van der Waals surface area contributed by atoms with Crippen LogP contribution in [0, 0.1) is 5.41 Å². The summed E-state index contributed by atoms with van der Waals surface area (Å²) in [7, 11) is 0. The molecular weight excluding hydrogens is 244 g/mol. The summed E-state index contributed by atoms with van der Waals surface area (Å²) in [5.41, 5.74) is 3.46. The summed E-state index contributed by atoms with van der Waals surface area (Å²) in [5, 5.41) is 3.79. The fourth-order valence-corrected chi connectivity index (χ4v) is 3.79. The fraction of sp³-hybridized carbons (Fsp3) is 0.667. The number of rotatable bonds is 4. The van der Waals surface area contributed by atoms with E-state index in [1.54, 1.807) is 0 Å². The average molecular weight is 272 g/mol. The molecule has 110 valence electrons. The Morgan fingerprint density at radius 1 is 1.20 bits per heavy atom. The molecule has 0 spiro atoms. The van der Waals surface area contributed by atoms with Crippen molar-refractivity contribution in [2.75, 3.05) is 18.0 Å². The summed E-state index contributed by atoms with van der Waals surface area (Å²) >= 11 is 0. The molecule has 0 bridgehead atoms. The molecule has 20 heavy (non-hydrogen) atoms. The van der Waals surface area contributed by atoms with Gasteiger partial charge >= 0.3 is 0 Å². The van der Waals surface area contributed by atoms with Crippen molar-refractivity contribution in [2.45, 2.75) is 58.5 Å². The van der Waals surface area contributed by atoms with Gasteiger partial charge in [0.1, 0.15) is 0 Å². The summed E-state index contributed by atoms with van der Waals surface area (Å²) < 4.78 is 0. The van der Waals surface area contributed by atoms with E-state index in [9.17, 15) is 0 Å². The number of nitrogens with zero attached hydrogens (tertiary/aromatic N) is 1. The second-order valence-corrected chi connectivity index (χ2v) is 7.31. The summed E-state index contributed by atoms with van der Waals surface area (Å²) in [6.07, 6.45) is 6.70. The van der Waals surface area contributed by atoms with Crippen LogP contribution in [0.5, 0.6) is 0 Å². The van der Waals surface area contributed by atoms with E-state index in [2.05, 4.69) is 48.3 Å². The van der Waals surface area contributed by atoms with E-state index in [1.165, 1.54) is 56.4 Å². The normalized spacial score (nSPS) is 25.3. The largest absolute Gasteiger partial charge is 0.371 e. The van der Waals surface area contributed by atoms with E-state index in [0.717, 1.165) is 6.54 Å². The highest BCUT2D eigenvalue weighted by Crippen LogP contribution is 2.37. The highest BCUT2D eigenvalue weighted by molar-refractivity contribution is 5.54. The highest BCUT2D eigenvalue weighted by atomic mass is 15.1. The summed E-state index contributed by atoms with van der Waals surface area (Å²) in [6.45, 7) is 8.27. The molecule has 2 aliphatic rings. The molecule has 0 radical (unpaired) electrons. The second-order valence-electron chi connectivity index (χ2n) is 7.31. The van der Waals surface area contributed by atoms with Gasteiger partial charge in [-0.15, -0.1) is 0 Å². The second kappa shape index (κ2) is 5.77. The van der Waals surface area contributed by atoms with Gasteiger partial charge in [0.15, 0.2) is 0 Å². The van der Waals surface area contributed by atoms with Crippen LogP contribution in [0.1, 0.15) is 51.5 Å². The third-order valence-corrected chi connectivity index (χ3v) is 4.99. The maximum atomic E-state index is 3.79. The molecule has 0 amide bonds.